The molecule has 1 aliphatic carbocycles. The van der Waals surface area contributed by atoms with E-state index in [0.717, 1.165) is 163 Å². The van der Waals surface area contributed by atoms with E-state index < -0.39 is 0 Å². The number of aliphatic hydroxyl groups excluding tert-OH is 1. The number of benzene rings is 12. The number of halogens is 6. The first-order chi connectivity index (χ1) is 68.7. The first kappa shape index (κ1) is 118. The summed E-state index contributed by atoms with van der Waals surface area (Å²) in [4.78, 5) is 0. The molecule has 0 spiro atoms. The minimum Gasteiger partial charge on any atom is -0.493 e. The molecule has 20 nitrogen and oxygen atoms in total. The molecule has 1 saturated carbocycles. The number of aliphatic hydroxyl groups is 1. The lowest BCUT2D eigenvalue weighted by molar-refractivity contribution is 0.270. The summed E-state index contributed by atoms with van der Waals surface area (Å²) in [6.07, 6.45) is 3.33. The molecule has 766 valence electrons. The number of methoxy groups -OCH3 is 6. The fourth-order valence-electron chi connectivity index (χ4n) is 14.2. The first-order valence-electron chi connectivity index (χ1n) is 46.0. The van der Waals surface area contributed by atoms with Gasteiger partial charge in [-0.3, -0.25) is 0 Å². The van der Waals surface area contributed by atoms with E-state index in [1.54, 1.807) is 14.2 Å². The van der Waals surface area contributed by atoms with E-state index in [9.17, 15) is 5.11 Å². The number of thiocarbonyl (C=S) groups is 6. The quantitative estimate of drug-likeness (QED) is 0.0217. The maximum Gasteiger partial charge on any atom is 0.260 e. The molecule has 1 aliphatic rings. The van der Waals surface area contributed by atoms with Crippen molar-refractivity contribution in [3.63, 3.8) is 0 Å². The van der Waals surface area contributed by atoms with Crippen molar-refractivity contribution in [1.82, 2.24) is 0 Å². The molecule has 144 heavy (non-hydrogen) atoms. The van der Waals surface area contributed by atoms with Gasteiger partial charge in [0.25, 0.3) is 31.0 Å². The van der Waals surface area contributed by atoms with Crippen LogP contribution < -0.4 is 65.1 Å². The number of rotatable bonds is 29. The van der Waals surface area contributed by atoms with Crippen molar-refractivity contribution in [1.29, 1.82) is 0 Å². The molecule has 0 atom stereocenters. The van der Waals surface area contributed by atoms with Crippen LogP contribution >= 0.6 is 143 Å². The first-order valence-corrected chi connectivity index (χ1v) is 50.8. The Hall–Kier alpha value is -10.9. The van der Waals surface area contributed by atoms with Crippen LogP contribution in [0.4, 0.5) is 34.1 Å². The Morgan fingerprint density at radius 1 is 0.264 bits per heavy atom. The number of anilines is 6. The zero-order valence-electron chi connectivity index (χ0n) is 85.1. The largest absolute Gasteiger partial charge is 0.493 e. The molecule has 0 aromatic heterocycles. The molecule has 0 radical (unpaired) electrons. The van der Waals surface area contributed by atoms with Gasteiger partial charge in [0.2, 0.25) is 0 Å². The molecule has 0 saturated heterocycles. The lowest BCUT2D eigenvalue weighted by atomic mass is 10.0. The number of hydrogen-bond acceptors (Lipinski definition) is 20. The highest BCUT2D eigenvalue weighted by Gasteiger charge is 2.29. The van der Waals surface area contributed by atoms with Crippen LogP contribution in [0.1, 0.15) is 161 Å². The molecule has 0 heterocycles. The highest BCUT2D eigenvalue weighted by molar-refractivity contribution is 7.81. The van der Waals surface area contributed by atoms with Crippen molar-refractivity contribution in [3.8, 4) is 40.2 Å². The Kier molecular flexibility index (Phi) is 48.5. The fourth-order valence-corrected chi connectivity index (χ4v) is 16.5. The predicted octanol–water partition coefficient (Wildman–Crippen LogP) is 31.2. The van der Waals surface area contributed by atoms with Gasteiger partial charge in [0, 0.05) is 56.3 Å². The van der Waals surface area contributed by atoms with Crippen molar-refractivity contribution in [2.75, 3.05) is 81.2 Å². The summed E-state index contributed by atoms with van der Waals surface area (Å²) in [6.45, 7) is 35.1. The Morgan fingerprint density at radius 3 is 0.757 bits per heavy atom. The summed E-state index contributed by atoms with van der Waals surface area (Å²) in [5, 5.41) is 33.5. The van der Waals surface area contributed by atoms with Crippen molar-refractivity contribution in [3.05, 3.63) is 340 Å². The second-order valence-electron chi connectivity index (χ2n) is 33.6. The Morgan fingerprint density at radius 2 is 0.486 bits per heavy atom. The Bertz CT molecular complexity index is 6260. The van der Waals surface area contributed by atoms with Gasteiger partial charge >= 0.3 is 0 Å². The van der Waals surface area contributed by atoms with E-state index in [-0.39, 0.29) is 30.2 Å². The van der Waals surface area contributed by atoms with Crippen LogP contribution in [0, 0.1) is 96.9 Å². The molecule has 0 aliphatic heterocycles. The van der Waals surface area contributed by atoms with Gasteiger partial charge < -0.3 is 98.6 Å². The number of aryl methyl sites for hydroxylation is 15. The summed E-state index contributed by atoms with van der Waals surface area (Å²) in [5.74, 6) is 5.32. The third-order valence-corrected chi connectivity index (χ3v) is 27.0. The van der Waals surface area contributed by atoms with Crippen LogP contribution in [-0.2, 0) is 81.1 Å². The van der Waals surface area contributed by atoms with Gasteiger partial charge in [-0.1, -0.05) is 143 Å². The highest BCUT2D eigenvalue weighted by Crippen LogP contribution is 2.45. The van der Waals surface area contributed by atoms with E-state index in [0.29, 0.717) is 124 Å². The van der Waals surface area contributed by atoms with Gasteiger partial charge in [0.05, 0.1) is 97.3 Å². The second kappa shape index (κ2) is 59.0. The van der Waals surface area contributed by atoms with Crippen LogP contribution in [0.2, 0.25) is 30.1 Å². The van der Waals surface area contributed by atoms with Gasteiger partial charge in [-0.2, -0.15) is 0 Å². The van der Waals surface area contributed by atoms with Crippen molar-refractivity contribution < 1.29 is 66.7 Å². The fraction of sp³-hybridized carbons (Fsp3) is 0.304. The zero-order chi connectivity index (χ0) is 106. The van der Waals surface area contributed by atoms with Crippen molar-refractivity contribution in [2.24, 2.45) is 0 Å². The Balaban J connectivity index is 0.000000211. The van der Waals surface area contributed by atoms with Crippen LogP contribution in [0.25, 0.3) is 0 Å². The van der Waals surface area contributed by atoms with Crippen molar-refractivity contribution in [2.45, 2.75) is 182 Å². The average Bonchev–Trinajstić information content (AvgIpc) is 1.64. The summed E-state index contributed by atoms with van der Waals surface area (Å²) in [6, 6.07) is 58.5. The van der Waals surface area contributed by atoms with Gasteiger partial charge in [-0.15, -0.1) is 0 Å². The maximum atomic E-state index is 9.59. The van der Waals surface area contributed by atoms with E-state index in [2.05, 4.69) is 57.9 Å². The minimum atomic E-state index is -0.103. The molecule has 12 aromatic carbocycles. The van der Waals surface area contributed by atoms with Gasteiger partial charge in [0.1, 0.15) is 79.9 Å². The molecule has 1 fully saturated rings. The zero-order valence-corrected chi connectivity index (χ0v) is 94.6. The Labute approximate surface area is 910 Å². The van der Waals surface area contributed by atoms with Crippen LogP contribution in [0.3, 0.4) is 0 Å². The maximum absolute atomic E-state index is 9.59. The monoisotopic (exact) mass is 2180 g/mol. The standard InChI is InChI=1S/C20H22ClNO2S.C19H22ClNO3S.C19H22ClNO2S.C18H20ClNO3S.2C18H20ClNO2S/c1-12-9-17(21)19(10-13(12)2)24-11-16-15(14-7-8-14)5-4-6-18(16)22-20(25)23-3;1-5-23-17-8-6-7-16(21-19(25)22-4)14(17)11-24-18-10-13(3)12(2)9-15(18)20;1-5-14-7-6-8-17(21-19(24)22-4)15(14)11-23-18-10-13(3)12(2)9-16(18)20;1-11-7-15(19)17(8-12(11)2)23-10-14-13(9-21)5-4-6-16(14)20-18(24)22-3;2*1-11-6-5-7-16(20-18(23)21-4)14(11)10-22-17-9-13(3)12(2)8-15(17)19/h4-6,9-10,14H,7-8,11H2,1-3H3,(H,22,25);6-10H,5,11H2,1-4H3,(H,21,25);6-10H,5,11H2,1-4H3,(H,21,24);4-8,21H,9-10H2,1-3H3,(H,20,24);2*5-9H,10H2,1-4H3,(H,20,23). The number of hydrogen-bond donors (Lipinski definition) is 7. The molecule has 32 heteroatoms. The topological polar surface area (TPSA) is 212 Å². The molecular weight excluding hydrogens is 2060 g/mol. The van der Waals surface area contributed by atoms with E-state index in [1.807, 2.05) is 267 Å². The summed E-state index contributed by atoms with van der Waals surface area (Å²) < 4.78 is 71.7. The van der Waals surface area contributed by atoms with Crippen molar-refractivity contribution >= 4 is 208 Å². The summed E-state index contributed by atoms with van der Waals surface area (Å²) in [7, 11) is 9.20. The minimum absolute atomic E-state index is 0.103. The van der Waals surface area contributed by atoms with E-state index >= 15 is 0 Å². The van der Waals surface area contributed by atoms with Crippen LogP contribution in [-0.4, -0.2) is 85.4 Å². The molecular formula is C112H126Cl6N6O14S6. The molecule has 12 aromatic rings. The lowest BCUT2D eigenvalue weighted by Crippen LogP contribution is -2.14. The van der Waals surface area contributed by atoms with E-state index in [4.69, 9.17) is 204 Å². The van der Waals surface area contributed by atoms with Crippen LogP contribution in [0.15, 0.2) is 182 Å². The molecule has 0 bridgehead atoms. The third-order valence-electron chi connectivity index (χ3n) is 23.6. The van der Waals surface area contributed by atoms with Gasteiger partial charge in [-0.05, 0) is 412 Å². The molecule has 7 N–H and O–H groups in total. The normalized spacial score (nSPS) is 10.9. The molecule has 0 unspecified atom stereocenters. The molecule has 13 rings (SSSR count). The van der Waals surface area contributed by atoms with Gasteiger partial charge in [-0.25, -0.2) is 0 Å². The van der Waals surface area contributed by atoms with E-state index in [1.165, 1.54) is 52.4 Å². The third kappa shape index (κ3) is 35.8. The second-order valence-corrected chi connectivity index (χ2v) is 38.3. The van der Waals surface area contributed by atoms with Crippen LogP contribution in [0.5, 0.6) is 40.2 Å². The number of nitrogens with one attached hydrogen (secondary N) is 6. The SMILES string of the molecule is CCOc1cccc(NC(=S)OC)c1COc1cc(C)c(C)cc1Cl.CCc1cccc(NC(=S)OC)c1COc1cc(C)c(C)cc1Cl.COC(=S)Nc1cccc(C)c1COc1cc(C)c(C)cc1Cl.COC(=S)Nc1cccc(C)c1COc1cc(C)c(C)cc1Cl.COC(=S)Nc1cccc(C2CC2)c1COc1cc(C)c(C)cc1Cl.COC(=S)Nc1cccc(CO)c1COc1cc(C)c(C)cc1Cl. The number of ether oxygens (including phenoxy) is 13. The predicted molar refractivity (Wildman–Crippen MR) is 617 cm³/mol. The summed E-state index contributed by atoms with van der Waals surface area (Å²) in [5.41, 5.74) is 30.0. The lowest BCUT2D eigenvalue weighted by Gasteiger charge is -2.18. The highest BCUT2D eigenvalue weighted by atomic mass is 35.5. The van der Waals surface area contributed by atoms with Gasteiger partial charge in [0.15, 0.2) is 0 Å². The molecule has 0 amide bonds. The average molecular weight is 2190 g/mol. The summed E-state index contributed by atoms with van der Waals surface area (Å²) >= 11 is 68.3. The smallest absolute Gasteiger partial charge is 0.260 e.